The number of rotatable bonds is 2. The minimum atomic E-state index is 0. The highest BCUT2D eigenvalue weighted by Gasteiger charge is 1.94. The van der Waals surface area contributed by atoms with Crippen LogP contribution in [0.1, 0.15) is 11.1 Å². The van der Waals surface area contributed by atoms with Gasteiger partial charge in [0.2, 0.25) is 0 Å². The van der Waals surface area contributed by atoms with Crippen molar-refractivity contribution in [3.8, 4) is 0 Å². The van der Waals surface area contributed by atoms with Gasteiger partial charge < -0.3 is 11.5 Å². The number of anilines is 2. The largest absolute Gasteiger partial charge is 0.399 e. The summed E-state index contributed by atoms with van der Waals surface area (Å²) < 4.78 is 0. The van der Waals surface area contributed by atoms with E-state index in [1.54, 1.807) is 6.07 Å². The molecule has 2 aromatic carbocycles. The Balaban J connectivity index is 0.00000144. The molecule has 0 unspecified atom stereocenters. The van der Waals surface area contributed by atoms with E-state index in [0.717, 1.165) is 11.1 Å². The molecule has 0 heterocycles. The molecule has 2 aromatic rings. The Hall–Kier alpha value is -1.93. The van der Waals surface area contributed by atoms with Gasteiger partial charge in [0, 0.05) is 11.4 Å². The molecule has 3 heteroatoms. The Morgan fingerprint density at radius 1 is 0.824 bits per heavy atom. The van der Waals surface area contributed by atoms with Gasteiger partial charge in [0.15, 0.2) is 0 Å². The Kier molecular flexibility index (Phi) is 4.61. The van der Waals surface area contributed by atoms with Crippen molar-refractivity contribution in [1.82, 2.24) is 0 Å². The first-order valence-corrected chi connectivity index (χ1v) is 5.14. The van der Waals surface area contributed by atoms with E-state index in [1.165, 1.54) is 0 Å². The summed E-state index contributed by atoms with van der Waals surface area (Å²) in [6.07, 6.45) is 4.02. The summed E-state index contributed by atoms with van der Waals surface area (Å²) in [5.74, 6) is 0. The monoisotopic (exact) mass is 246 g/mol. The van der Waals surface area contributed by atoms with E-state index in [2.05, 4.69) is 0 Å². The predicted molar refractivity (Wildman–Crippen MR) is 77.9 cm³/mol. The average molecular weight is 247 g/mol. The zero-order valence-electron chi connectivity index (χ0n) is 9.34. The van der Waals surface area contributed by atoms with E-state index in [1.807, 2.05) is 54.6 Å². The number of nitrogens with two attached hydrogens (primary N) is 2. The highest BCUT2D eigenvalue weighted by atomic mass is 35.5. The molecule has 0 fully saturated rings. The van der Waals surface area contributed by atoms with E-state index in [0.29, 0.717) is 11.4 Å². The molecule has 4 N–H and O–H groups in total. The summed E-state index contributed by atoms with van der Waals surface area (Å²) in [5.41, 5.74) is 15.0. The molecule has 0 spiro atoms. The van der Waals surface area contributed by atoms with E-state index in [9.17, 15) is 0 Å². The molecule has 0 amide bonds. The lowest BCUT2D eigenvalue weighted by molar-refractivity contribution is 1.62. The van der Waals surface area contributed by atoms with Crippen LogP contribution in [0.15, 0.2) is 48.5 Å². The van der Waals surface area contributed by atoms with Crippen LogP contribution in [0.5, 0.6) is 0 Å². The minimum Gasteiger partial charge on any atom is -0.399 e. The fourth-order valence-electron chi connectivity index (χ4n) is 1.50. The molecule has 2 nitrogen and oxygen atoms in total. The van der Waals surface area contributed by atoms with Crippen molar-refractivity contribution >= 4 is 35.9 Å². The Morgan fingerprint density at radius 3 is 2.18 bits per heavy atom. The smallest absolute Gasteiger partial charge is 0.0408 e. The minimum absolute atomic E-state index is 0. The molecule has 0 saturated carbocycles. The third-order valence-corrected chi connectivity index (χ3v) is 2.37. The van der Waals surface area contributed by atoms with E-state index < -0.39 is 0 Å². The second kappa shape index (κ2) is 5.97. The highest BCUT2D eigenvalue weighted by molar-refractivity contribution is 5.85. The number of benzene rings is 2. The first kappa shape index (κ1) is 13.1. The summed E-state index contributed by atoms with van der Waals surface area (Å²) in [6.45, 7) is 0. The number of nitrogen functional groups attached to an aromatic ring is 2. The molecule has 0 bridgehead atoms. The maximum atomic E-state index is 5.85. The van der Waals surface area contributed by atoms with Crippen LogP contribution in [-0.4, -0.2) is 0 Å². The van der Waals surface area contributed by atoms with Gasteiger partial charge in [0.05, 0.1) is 0 Å². The second-order valence-electron chi connectivity index (χ2n) is 3.63. The van der Waals surface area contributed by atoms with Gasteiger partial charge in [-0.3, -0.25) is 0 Å². The van der Waals surface area contributed by atoms with Gasteiger partial charge in [0.25, 0.3) is 0 Å². The molecule has 2 rings (SSSR count). The number of hydrogen-bond donors (Lipinski definition) is 2. The van der Waals surface area contributed by atoms with Gasteiger partial charge >= 0.3 is 0 Å². The first-order chi connectivity index (χ1) is 7.75. The van der Waals surface area contributed by atoms with Crippen molar-refractivity contribution < 1.29 is 0 Å². The molecule has 88 valence electrons. The lowest BCUT2D eigenvalue weighted by Gasteiger charge is -2.01. The van der Waals surface area contributed by atoms with Gasteiger partial charge in [0.1, 0.15) is 0 Å². The molecule has 0 aliphatic heterocycles. The molecular weight excluding hydrogens is 232 g/mol. The van der Waals surface area contributed by atoms with Crippen LogP contribution in [0.3, 0.4) is 0 Å². The van der Waals surface area contributed by atoms with Gasteiger partial charge in [-0.2, -0.15) is 0 Å². The van der Waals surface area contributed by atoms with E-state index >= 15 is 0 Å². The van der Waals surface area contributed by atoms with Gasteiger partial charge in [-0.05, 0) is 23.3 Å². The summed E-state index contributed by atoms with van der Waals surface area (Å²) in [7, 11) is 0. The molecule has 0 radical (unpaired) electrons. The second-order valence-corrected chi connectivity index (χ2v) is 3.63. The quantitative estimate of drug-likeness (QED) is 0.630. The molecule has 0 aliphatic carbocycles. The number of hydrogen-bond acceptors (Lipinski definition) is 2. The fourth-order valence-corrected chi connectivity index (χ4v) is 1.50. The van der Waals surface area contributed by atoms with Crippen LogP contribution in [-0.2, 0) is 0 Å². The average Bonchev–Trinajstić information content (AvgIpc) is 2.29. The maximum Gasteiger partial charge on any atom is 0.0408 e. The van der Waals surface area contributed by atoms with Crippen LogP contribution in [0.25, 0.3) is 12.2 Å². The first-order valence-electron chi connectivity index (χ1n) is 5.14. The van der Waals surface area contributed by atoms with E-state index in [4.69, 9.17) is 11.5 Å². The Bertz CT molecular complexity index is 507. The summed E-state index contributed by atoms with van der Waals surface area (Å²) in [6, 6.07) is 15.6. The van der Waals surface area contributed by atoms with Crippen molar-refractivity contribution in [2.45, 2.75) is 0 Å². The molecule has 0 aliphatic rings. The topological polar surface area (TPSA) is 52.0 Å². The van der Waals surface area contributed by atoms with Crippen LogP contribution < -0.4 is 11.5 Å². The summed E-state index contributed by atoms with van der Waals surface area (Å²) in [5, 5.41) is 0. The third kappa shape index (κ3) is 3.54. The van der Waals surface area contributed by atoms with Crippen LogP contribution in [0.2, 0.25) is 0 Å². The van der Waals surface area contributed by atoms with Crippen LogP contribution in [0.4, 0.5) is 11.4 Å². The summed E-state index contributed by atoms with van der Waals surface area (Å²) in [4.78, 5) is 0. The maximum absolute atomic E-state index is 5.85. The SMILES string of the molecule is Cl.Nc1ccc(C=Cc2ccccc2)c(N)c1. The predicted octanol–water partition coefficient (Wildman–Crippen LogP) is 3.44. The standard InChI is InChI=1S/C14H14N2.ClH/c15-13-9-8-12(14(16)10-13)7-6-11-4-2-1-3-5-11;/h1-10H,15-16H2;1H. The lowest BCUT2D eigenvalue weighted by Crippen LogP contribution is -1.92. The normalized spacial score (nSPS) is 10.1. The zero-order valence-corrected chi connectivity index (χ0v) is 10.2. The molecule has 0 aromatic heterocycles. The molecular formula is C14H15ClN2. The van der Waals surface area contributed by atoms with Crippen molar-refractivity contribution in [2.75, 3.05) is 11.5 Å². The van der Waals surface area contributed by atoms with Crippen molar-refractivity contribution in [3.05, 3.63) is 59.7 Å². The van der Waals surface area contributed by atoms with Crippen molar-refractivity contribution in [1.29, 1.82) is 0 Å². The third-order valence-electron chi connectivity index (χ3n) is 2.37. The molecule has 17 heavy (non-hydrogen) atoms. The molecule has 0 atom stereocenters. The Morgan fingerprint density at radius 2 is 1.53 bits per heavy atom. The van der Waals surface area contributed by atoms with Gasteiger partial charge in [-0.25, -0.2) is 0 Å². The van der Waals surface area contributed by atoms with Crippen molar-refractivity contribution in [2.24, 2.45) is 0 Å². The zero-order chi connectivity index (χ0) is 11.4. The summed E-state index contributed by atoms with van der Waals surface area (Å²) >= 11 is 0. The highest BCUT2D eigenvalue weighted by Crippen LogP contribution is 2.18. The van der Waals surface area contributed by atoms with Crippen molar-refractivity contribution in [3.63, 3.8) is 0 Å². The molecule has 0 saturated heterocycles. The lowest BCUT2D eigenvalue weighted by atomic mass is 10.1. The van der Waals surface area contributed by atoms with Crippen LogP contribution >= 0.6 is 12.4 Å². The van der Waals surface area contributed by atoms with Gasteiger partial charge in [-0.1, -0.05) is 48.6 Å². The fraction of sp³-hybridized carbons (Fsp3) is 0. The Labute approximate surface area is 107 Å². The van der Waals surface area contributed by atoms with Crippen LogP contribution in [0, 0.1) is 0 Å². The van der Waals surface area contributed by atoms with E-state index in [-0.39, 0.29) is 12.4 Å². The number of halogens is 1. The van der Waals surface area contributed by atoms with Gasteiger partial charge in [-0.15, -0.1) is 12.4 Å².